The van der Waals surface area contributed by atoms with Crippen LogP contribution >= 0.6 is 0 Å². The topological polar surface area (TPSA) is 9.23 Å². The summed E-state index contributed by atoms with van der Waals surface area (Å²) in [5.74, 6) is 13.8. The van der Waals surface area contributed by atoms with Gasteiger partial charge in [-0.2, -0.15) is 0 Å². The summed E-state index contributed by atoms with van der Waals surface area (Å²) in [7, 11) is -2.01. The molecule has 1 atom stereocenters. The Morgan fingerprint density at radius 1 is 1.07 bits per heavy atom. The molecule has 0 aliphatic heterocycles. The van der Waals surface area contributed by atoms with Gasteiger partial charge < -0.3 is 4.43 Å². The Labute approximate surface area is 168 Å². The van der Waals surface area contributed by atoms with Gasteiger partial charge in [0.2, 0.25) is 0 Å². The molecule has 0 saturated carbocycles. The summed E-state index contributed by atoms with van der Waals surface area (Å²) in [5, 5.41) is 0.131. The number of hydrogen-bond acceptors (Lipinski definition) is 1. The highest BCUT2D eigenvalue weighted by Crippen LogP contribution is 2.51. The molecule has 2 bridgehead atoms. The van der Waals surface area contributed by atoms with Crippen LogP contribution in [0.25, 0.3) is 0 Å². The zero-order chi connectivity index (χ0) is 20.5. The zero-order valence-electron chi connectivity index (χ0n) is 18.6. The minimum absolute atomic E-state index is 0.131. The van der Waals surface area contributed by atoms with Crippen LogP contribution in [-0.2, 0) is 4.43 Å². The van der Waals surface area contributed by atoms with Gasteiger partial charge in [0.1, 0.15) is 5.60 Å². The Hall–Kier alpha value is -1.48. The van der Waals surface area contributed by atoms with Crippen LogP contribution in [-0.4, -0.2) is 13.9 Å². The molecule has 0 aromatic rings. The highest BCUT2D eigenvalue weighted by Gasteiger charge is 2.53. The molecule has 0 spiro atoms. The SMILES string of the molecule is C=C1C#CC2(O[Si](C)(C)C(C)(C)C)CCC=C(C#C/C(C)=C\CC1)C2(C)C. The molecule has 2 heteroatoms. The summed E-state index contributed by atoms with van der Waals surface area (Å²) < 4.78 is 7.10. The molecule has 2 rings (SSSR count). The minimum Gasteiger partial charge on any atom is -0.400 e. The lowest BCUT2D eigenvalue weighted by atomic mass is 9.64. The quantitative estimate of drug-likeness (QED) is 0.378. The second kappa shape index (κ2) is 7.50. The van der Waals surface area contributed by atoms with Gasteiger partial charge in [-0.05, 0) is 61.9 Å². The van der Waals surface area contributed by atoms with Crippen molar-refractivity contribution < 1.29 is 4.43 Å². The molecular formula is C25H36OSi. The number of fused-ring (bicyclic) bond motifs is 2. The van der Waals surface area contributed by atoms with Gasteiger partial charge in [-0.25, -0.2) is 0 Å². The Morgan fingerprint density at radius 3 is 2.37 bits per heavy atom. The first kappa shape index (κ1) is 21.8. The molecule has 27 heavy (non-hydrogen) atoms. The lowest BCUT2D eigenvalue weighted by Gasteiger charge is -2.52. The summed E-state index contributed by atoms with van der Waals surface area (Å²) in [5.41, 5.74) is 2.47. The molecular weight excluding hydrogens is 344 g/mol. The third kappa shape index (κ3) is 4.51. The molecule has 0 fully saturated rings. The van der Waals surface area contributed by atoms with Gasteiger partial charge in [0.15, 0.2) is 8.32 Å². The van der Waals surface area contributed by atoms with Crippen molar-refractivity contribution in [2.75, 3.05) is 0 Å². The van der Waals surface area contributed by atoms with Crippen LogP contribution < -0.4 is 0 Å². The van der Waals surface area contributed by atoms with Crippen LogP contribution in [0.4, 0.5) is 0 Å². The van der Waals surface area contributed by atoms with Crippen molar-refractivity contribution in [1.29, 1.82) is 0 Å². The van der Waals surface area contributed by atoms with E-state index in [4.69, 9.17) is 4.43 Å². The molecule has 1 nitrogen and oxygen atoms in total. The van der Waals surface area contributed by atoms with Gasteiger partial charge in [-0.3, -0.25) is 0 Å². The van der Waals surface area contributed by atoms with E-state index in [1.807, 2.05) is 0 Å². The van der Waals surface area contributed by atoms with E-state index in [1.165, 1.54) is 0 Å². The summed E-state index contributed by atoms with van der Waals surface area (Å²) in [4.78, 5) is 0. The highest BCUT2D eigenvalue weighted by atomic mass is 28.4. The maximum Gasteiger partial charge on any atom is 0.194 e. The summed E-state index contributed by atoms with van der Waals surface area (Å²) in [6.45, 7) is 22.3. The van der Waals surface area contributed by atoms with Crippen molar-refractivity contribution in [1.82, 2.24) is 0 Å². The van der Waals surface area contributed by atoms with E-state index in [0.717, 1.165) is 42.4 Å². The van der Waals surface area contributed by atoms with Gasteiger partial charge in [0.05, 0.1) is 0 Å². The van der Waals surface area contributed by atoms with Gasteiger partial charge in [-0.1, -0.05) is 77.0 Å². The zero-order valence-corrected chi connectivity index (χ0v) is 19.6. The second-order valence-corrected chi connectivity index (χ2v) is 14.7. The fourth-order valence-electron chi connectivity index (χ4n) is 3.36. The van der Waals surface area contributed by atoms with Crippen LogP contribution in [0, 0.1) is 29.1 Å². The Kier molecular flexibility index (Phi) is 6.06. The average molecular weight is 381 g/mol. The maximum atomic E-state index is 7.10. The fraction of sp³-hybridized carbons (Fsp3) is 0.600. The van der Waals surface area contributed by atoms with Crippen molar-refractivity contribution in [3.63, 3.8) is 0 Å². The van der Waals surface area contributed by atoms with Gasteiger partial charge in [0.25, 0.3) is 0 Å². The van der Waals surface area contributed by atoms with Crippen molar-refractivity contribution in [2.24, 2.45) is 5.41 Å². The maximum absolute atomic E-state index is 7.10. The van der Waals surface area contributed by atoms with Crippen molar-refractivity contribution in [3.05, 3.63) is 35.5 Å². The molecule has 0 saturated heterocycles. The Bertz CT molecular complexity index is 793. The lowest BCUT2D eigenvalue weighted by molar-refractivity contribution is 0.00757. The summed E-state index contributed by atoms with van der Waals surface area (Å²) in [6, 6.07) is 0. The lowest BCUT2D eigenvalue weighted by Crippen LogP contribution is -2.57. The molecule has 2 aliphatic carbocycles. The van der Waals surface area contributed by atoms with E-state index < -0.39 is 13.9 Å². The molecule has 0 amide bonds. The monoisotopic (exact) mass is 380 g/mol. The predicted molar refractivity (Wildman–Crippen MR) is 120 cm³/mol. The fourth-order valence-corrected chi connectivity index (χ4v) is 4.94. The third-order valence-corrected chi connectivity index (χ3v) is 11.0. The summed E-state index contributed by atoms with van der Waals surface area (Å²) in [6.07, 6.45) is 8.16. The van der Waals surface area contributed by atoms with E-state index in [-0.39, 0.29) is 10.5 Å². The normalized spacial score (nSPS) is 27.5. The van der Waals surface area contributed by atoms with Crippen molar-refractivity contribution in [3.8, 4) is 23.7 Å². The molecule has 1 unspecified atom stereocenters. The number of hydrogen-bond donors (Lipinski definition) is 0. The largest absolute Gasteiger partial charge is 0.400 e. The standard InChI is InChI=1S/C25H36OSi/c1-20-12-10-13-21(2)17-19-25(26-27(8,9)23(3,4)5)18-11-14-22(16-15-20)24(25,6)7/h12,14H,2,10-11,13,18H2,1,3-9H3/b20-12-. The number of allylic oxidation sites excluding steroid dienone is 4. The van der Waals surface area contributed by atoms with E-state index in [9.17, 15) is 0 Å². The van der Waals surface area contributed by atoms with Crippen LogP contribution in [0.15, 0.2) is 35.5 Å². The first-order valence-electron chi connectivity index (χ1n) is 10.1. The molecule has 0 aromatic heterocycles. The predicted octanol–water partition coefficient (Wildman–Crippen LogP) is 6.80. The molecule has 0 aromatic carbocycles. The second-order valence-electron chi connectivity index (χ2n) is 10.0. The first-order chi connectivity index (χ1) is 12.3. The Balaban J connectivity index is 2.65. The third-order valence-electron chi connectivity index (χ3n) is 6.50. The van der Waals surface area contributed by atoms with Gasteiger partial charge in [-0.15, -0.1) is 0 Å². The summed E-state index contributed by atoms with van der Waals surface area (Å²) >= 11 is 0. The van der Waals surface area contributed by atoms with E-state index in [0.29, 0.717) is 0 Å². The van der Waals surface area contributed by atoms with Crippen LogP contribution in [0.1, 0.15) is 67.2 Å². The van der Waals surface area contributed by atoms with Crippen molar-refractivity contribution in [2.45, 2.75) is 91.0 Å². The van der Waals surface area contributed by atoms with E-state index >= 15 is 0 Å². The van der Waals surface area contributed by atoms with E-state index in [1.54, 1.807) is 0 Å². The van der Waals surface area contributed by atoms with Gasteiger partial charge in [0, 0.05) is 11.0 Å². The molecule has 2 aliphatic rings. The first-order valence-corrected chi connectivity index (χ1v) is 13.0. The highest BCUT2D eigenvalue weighted by molar-refractivity contribution is 6.74. The molecule has 0 N–H and O–H groups in total. The Morgan fingerprint density at radius 2 is 1.74 bits per heavy atom. The van der Waals surface area contributed by atoms with Crippen LogP contribution in [0.3, 0.4) is 0 Å². The van der Waals surface area contributed by atoms with Crippen molar-refractivity contribution >= 4 is 8.32 Å². The molecule has 0 radical (unpaired) electrons. The van der Waals surface area contributed by atoms with Gasteiger partial charge >= 0.3 is 0 Å². The molecule has 0 heterocycles. The van der Waals surface area contributed by atoms with E-state index in [2.05, 4.69) is 97.0 Å². The smallest absolute Gasteiger partial charge is 0.194 e. The minimum atomic E-state index is -2.01. The van der Waals surface area contributed by atoms with Crippen LogP contribution in [0.5, 0.6) is 0 Å². The van der Waals surface area contributed by atoms with Crippen LogP contribution in [0.2, 0.25) is 18.1 Å². The number of rotatable bonds is 2. The molecule has 146 valence electrons. The average Bonchev–Trinajstić information content (AvgIpc) is 2.52.